The predicted octanol–water partition coefficient (Wildman–Crippen LogP) is -1.68. The Hall–Kier alpha value is -0.383. The van der Waals surface area contributed by atoms with E-state index >= 15 is 0 Å². The summed E-state index contributed by atoms with van der Waals surface area (Å²) < 4.78 is 9.19. The maximum absolute atomic E-state index is 9.19. The van der Waals surface area contributed by atoms with Crippen molar-refractivity contribution in [2.45, 2.75) is 0 Å². The molecule has 4 heteroatoms. The van der Waals surface area contributed by atoms with Crippen molar-refractivity contribution in [3.63, 3.8) is 0 Å². The minimum atomic E-state index is -2.13. The molecule has 0 saturated heterocycles. The van der Waals surface area contributed by atoms with E-state index in [1.807, 2.05) is 0 Å². The summed E-state index contributed by atoms with van der Waals surface area (Å²) >= 11 is 0. The Balaban J connectivity index is 2.80. The molecule has 0 rings (SSSR count). The van der Waals surface area contributed by atoms with Crippen LogP contribution in [0.3, 0.4) is 0 Å². The predicted molar refractivity (Wildman–Crippen MR) is 14.8 cm³/mol. The third kappa shape index (κ3) is 4.19. The molecule has 0 unspecified atom stereocenters. The second-order valence-electron chi connectivity index (χ2n) is 0.402. The molecule has 0 bridgehead atoms. The molecule has 0 aliphatic carbocycles. The van der Waals surface area contributed by atoms with Gasteiger partial charge in [0.15, 0.2) is 0 Å². The summed E-state index contributed by atoms with van der Waals surface area (Å²) in [4.78, 5) is 0. The van der Waals surface area contributed by atoms with Gasteiger partial charge < -0.3 is 15.3 Å². The molecule has 0 heterocycles. The van der Waals surface area contributed by atoms with Gasteiger partial charge >= 0.3 is 9.01 Å². The minimum absolute atomic E-state index is 2.13. The third-order valence-electron chi connectivity index (χ3n) is 0. The van der Waals surface area contributed by atoms with Crippen LogP contribution in [0, 0.1) is 0 Å². The first kappa shape index (κ1) is 3.62. The summed E-state index contributed by atoms with van der Waals surface area (Å²) in [6.07, 6.45) is 0. The van der Waals surface area contributed by atoms with Crippen LogP contribution < -0.4 is 10.8 Å². The van der Waals surface area contributed by atoms with E-state index in [0.717, 1.165) is 0 Å². The molecule has 0 aromatic heterocycles. The Bertz CT molecular complexity index is 29.0. The lowest BCUT2D eigenvalue weighted by Gasteiger charge is -1.57. The Labute approximate surface area is 25.4 Å². The topological polar surface area (TPSA) is 69.1 Å². The van der Waals surface area contributed by atoms with Crippen LogP contribution in [-0.2, 0) is 4.46 Å². The molecule has 0 aliphatic rings. The van der Waals surface area contributed by atoms with E-state index in [1.54, 1.807) is 0 Å². The molecule has 0 fully saturated rings. The normalized spacial score (nSPS) is 6.00. The first-order valence-electron chi connectivity index (χ1n) is 0.781. The smallest absolute Gasteiger partial charge is 0.387 e. The van der Waals surface area contributed by atoms with E-state index in [-0.39, 0.29) is 0 Å². The Morgan fingerprint density at radius 1 is 1.50 bits per heavy atom. The molecule has 0 spiro atoms. The molecule has 4 N–H and O–H groups in total. The monoisotopic (exact) mass is 76.0 g/mol. The molecule has 0 radical (unpaired) electrons. The molecular weight excluding hydrogens is 72.1 g/mol. The number of rotatable bonds is 0. The van der Waals surface area contributed by atoms with E-state index in [1.165, 1.54) is 0 Å². The lowest BCUT2D eigenvalue weighted by molar-refractivity contribution is 0.562. The van der Waals surface area contributed by atoms with E-state index < -0.39 is 9.01 Å². The van der Waals surface area contributed by atoms with Crippen molar-refractivity contribution in [1.82, 2.24) is 0 Å². The number of hydrogen-bond acceptors (Lipinski definition) is 1. The number of nitrogens with two attached hydrogens (primary N) is 2. The van der Waals surface area contributed by atoms with Crippen LogP contribution >= 0.6 is 0 Å². The molecule has 0 aromatic rings. The summed E-state index contributed by atoms with van der Waals surface area (Å²) in [6.45, 7) is 0. The van der Waals surface area contributed by atoms with E-state index in [2.05, 4.69) is 10.8 Å². The SMILES string of the molecule is N[Si](N)=O. The molecule has 0 aromatic carbocycles. The second-order valence-corrected chi connectivity index (χ2v) is 1.21. The van der Waals surface area contributed by atoms with Crippen LogP contribution in [0.15, 0.2) is 0 Å². The maximum atomic E-state index is 9.19. The van der Waals surface area contributed by atoms with Gasteiger partial charge in [0.1, 0.15) is 0 Å². The second kappa shape index (κ2) is 0.999. The van der Waals surface area contributed by atoms with Gasteiger partial charge in [0, 0.05) is 0 Å². The van der Waals surface area contributed by atoms with Crippen molar-refractivity contribution >= 4 is 9.01 Å². The van der Waals surface area contributed by atoms with Gasteiger partial charge in [-0.25, -0.2) is 0 Å². The van der Waals surface area contributed by atoms with Gasteiger partial charge in [-0.2, -0.15) is 0 Å². The van der Waals surface area contributed by atoms with Crippen LogP contribution in [0.1, 0.15) is 0 Å². The average Bonchev–Trinajstić information content (AvgIpc) is 0.811. The van der Waals surface area contributed by atoms with Crippen LogP contribution in [0.5, 0.6) is 0 Å². The molecule has 0 saturated carbocycles. The maximum Gasteiger partial charge on any atom is 0.510 e. The van der Waals surface area contributed by atoms with Gasteiger partial charge in [-0.3, -0.25) is 0 Å². The lowest BCUT2D eigenvalue weighted by atomic mass is 13.9. The van der Waals surface area contributed by atoms with Crippen LogP contribution in [0.4, 0.5) is 0 Å². The summed E-state index contributed by atoms with van der Waals surface area (Å²) in [5.41, 5.74) is 0. The van der Waals surface area contributed by atoms with E-state index in [4.69, 9.17) is 0 Å². The van der Waals surface area contributed by atoms with Crippen LogP contribution in [-0.4, -0.2) is 9.01 Å². The fourth-order valence-corrected chi connectivity index (χ4v) is 0. The van der Waals surface area contributed by atoms with Crippen molar-refractivity contribution in [3.05, 3.63) is 0 Å². The average molecular weight is 76.1 g/mol. The summed E-state index contributed by atoms with van der Waals surface area (Å²) in [5.74, 6) is 0. The fourth-order valence-electron chi connectivity index (χ4n) is 0. The van der Waals surface area contributed by atoms with Gasteiger partial charge in [0.25, 0.3) is 0 Å². The highest BCUT2D eigenvalue weighted by atomic mass is 28.3. The molecule has 4 heavy (non-hydrogen) atoms. The summed E-state index contributed by atoms with van der Waals surface area (Å²) in [7, 11) is -2.13. The molecule has 24 valence electrons. The zero-order valence-corrected chi connectivity index (χ0v) is 3.06. The third-order valence-corrected chi connectivity index (χ3v) is 0. The Morgan fingerprint density at radius 2 is 1.50 bits per heavy atom. The largest absolute Gasteiger partial charge is 0.510 e. The summed E-state index contributed by atoms with van der Waals surface area (Å²) in [6, 6.07) is 0. The Kier molecular flexibility index (Phi) is 0.903. The van der Waals surface area contributed by atoms with Crippen molar-refractivity contribution < 1.29 is 4.46 Å². The molecule has 0 aliphatic heterocycles. The van der Waals surface area contributed by atoms with Gasteiger partial charge in [-0.1, -0.05) is 0 Å². The van der Waals surface area contributed by atoms with Crippen molar-refractivity contribution in [2.24, 2.45) is 10.8 Å². The minimum Gasteiger partial charge on any atom is -0.387 e. The highest BCUT2D eigenvalue weighted by Crippen LogP contribution is 1.03. The fraction of sp³-hybridized carbons (Fsp3) is 0. The van der Waals surface area contributed by atoms with Crippen molar-refractivity contribution in [3.8, 4) is 0 Å². The molecule has 0 amide bonds. The van der Waals surface area contributed by atoms with Crippen LogP contribution in [0.2, 0.25) is 0 Å². The van der Waals surface area contributed by atoms with E-state index in [9.17, 15) is 4.46 Å². The zero-order valence-electron chi connectivity index (χ0n) is 2.06. The Morgan fingerprint density at radius 3 is 1.50 bits per heavy atom. The van der Waals surface area contributed by atoms with Crippen molar-refractivity contribution in [2.75, 3.05) is 0 Å². The van der Waals surface area contributed by atoms with Gasteiger partial charge in [-0.15, -0.1) is 0 Å². The standard InChI is InChI=1S/H4N2OSi/c1-4(2)3/h1-2H2. The molecule has 0 atom stereocenters. The van der Waals surface area contributed by atoms with Crippen LogP contribution in [0.25, 0.3) is 0 Å². The van der Waals surface area contributed by atoms with Gasteiger partial charge in [0.05, 0.1) is 0 Å². The highest BCUT2D eigenvalue weighted by molar-refractivity contribution is 6.33. The zero-order chi connectivity index (χ0) is 3.58. The van der Waals surface area contributed by atoms with Crippen molar-refractivity contribution in [1.29, 1.82) is 0 Å². The molecule has 3 nitrogen and oxygen atoms in total. The quantitative estimate of drug-likeness (QED) is 0.338. The molecular formula is H4N2OSi. The van der Waals surface area contributed by atoms with Gasteiger partial charge in [-0.05, 0) is 0 Å². The summed E-state index contributed by atoms with van der Waals surface area (Å²) in [5, 5.41) is 8.87. The number of hydrogen-bond donors (Lipinski definition) is 2. The van der Waals surface area contributed by atoms with E-state index in [0.29, 0.717) is 0 Å². The highest BCUT2D eigenvalue weighted by Gasteiger charge is 1.71. The first-order chi connectivity index (χ1) is 1.73. The lowest BCUT2D eigenvalue weighted by Crippen LogP contribution is -2.24. The van der Waals surface area contributed by atoms with Gasteiger partial charge in [0.2, 0.25) is 0 Å². The first-order valence-corrected chi connectivity index (χ1v) is 2.34.